The summed E-state index contributed by atoms with van der Waals surface area (Å²) in [6.45, 7) is 6.12. The summed E-state index contributed by atoms with van der Waals surface area (Å²) in [4.78, 5) is 25.9. The SMILES string of the molecule is COC(=O)C1=C(C)NC2=CC(C)(C)CC(=O)C2C1c1ccc(COc2ccc(Br)cc2)o1. The highest BCUT2D eigenvalue weighted by Gasteiger charge is 2.47. The van der Waals surface area contributed by atoms with E-state index in [2.05, 4.69) is 27.3 Å². The van der Waals surface area contributed by atoms with Gasteiger partial charge in [-0.15, -0.1) is 0 Å². The molecule has 2 heterocycles. The number of carbonyl (C=O) groups excluding carboxylic acids is 2. The van der Waals surface area contributed by atoms with E-state index in [1.54, 1.807) is 0 Å². The maximum absolute atomic E-state index is 13.2. The largest absolute Gasteiger partial charge is 0.486 e. The number of carbonyl (C=O) groups is 2. The van der Waals surface area contributed by atoms with Crippen molar-refractivity contribution in [3.63, 3.8) is 0 Å². The first-order chi connectivity index (χ1) is 15.2. The lowest BCUT2D eigenvalue weighted by atomic mass is 9.67. The second kappa shape index (κ2) is 8.62. The quantitative estimate of drug-likeness (QED) is 0.565. The number of halogens is 1. The number of ether oxygens (including phenoxy) is 2. The molecule has 2 aromatic rings. The van der Waals surface area contributed by atoms with Crippen LogP contribution in [0.3, 0.4) is 0 Å². The van der Waals surface area contributed by atoms with E-state index in [0.717, 1.165) is 10.2 Å². The molecule has 1 aliphatic heterocycles. The van der Waals surface area contributed by atoms with Crippen LogP contribution in [-0.2, 0) is 20.9 Å². The molecule has 7 heteroatoms. The maximum Gasteiger partial charge on any atom is 0.336 e. The van der Waals surface area contributed by atoms with Gasteiger partial charge in [0, 0.05) is 22.3 Å². The molecule has 4 rings (SSSR count). The fraction of sp³-hybridized carbons (Fsp3) is 0.360. The van der Waals surface area contributed by atoms with Crippen molar-refractivity contribution in [1.82, 2.24) is 5.32 Å². The van der Waals surface area contributed by atoms with E-state index >= 15 is 0 Å². The zero-order valence-electron chi connectivity index (χ0n) is 18.5. The molecule has 0 fully saturated rings. The number of ketones is 1. The number of fused-ring (bicyclic) bond motifs is 1. The minimum atomic E-state index is -0.556. The zero-order valence-corrected chi connectivity index (χ0v) is 20.1. The third-order valence-electron chi connectivity index (χ3n) is 5.83. The van der Waals surface area contributed by atoms with Crippen LogP contribution < -0.4 is 10.1 Å². The van der Waals surface area contributed by atoms with Crippen molar-refractivity contribution in [1.29, 1.82) is 0 Å². The third-order valence-corrected chi connectivity index (χ3v) is 6.36. The van der Waals surface area contributed by atoms with Gasteiger partial charge in [-0.25, -0.2) is 4.79 Å². The highest BCUT2D eigenvalue weighted by Crippen LogP contribution is 2.47. The molecule has 0 saturated heterocycles. The average Bonchev–Trinajstić information content (AvgIpc) is 3.19. The average molecular weight is 500 g/mol. The molecule has 0 saturated carbocycles. The lowest BCUT2D eigenvalue weighted by Crippen LogP contribution is -2.43. The molecule has 168 valence electrons. The van der Waals surface area contributed by atoms with Crippen molar-refractivity contribution in [2.24, 2.45) is 11.3 Å². The monoisotopic (exact) mass is 499 g/mol. The normalized spacial score (nSPS) is 22.0. The molecule has 2 aliphatic rings. The van der Waals surface area contributed by atoms with Gasteiger partial charge in [-0.05, 0) is 48.7 Å². The first-order valence-electron chi connectivity index (χ1n) is 10.5. The first kappa shape index (κ1) is 22.4. The number of nitrogens with one attached hydrogen (secondary N) is 1. The molecule has 1 aromatic heterocycles. The minimum absolute atomic E-state index is 0.0722. The van der Waals surface area contributed by atoms with Gasteiger partial charge in [0.1, 0.15) is 29.7 Å². The third kappa shape index (κ3) is 4.39. The van der Waals surface area contributed by atoms with Crippen LogP contribution in [0.15, 0.2) is 68.3 Å². The Morgan fingerprint density at radius 3 is 2.59 bits per heavy atom. The number of furan rings is 1. The predicted molar refractivity (Wildman–Crippen MR) is 123 cm³/mol. The van der Waals surface area contributed by atoms with Gasteiger partial charge in [-0.2, -0.15) is 0 Å². The highest BCUT2D eigenvalue weighted by molar-refractivity contribution is 9.10. The van der Waals surface area contributed by atoms with E-state index in [9.17, 15) is 9.59 Å². The Morgan fingerprint density at radius 2 is 1.91 bits per heavy atom. The number of rotatable bonds is 5. The minimum Gasteiger partial charge on any atom is -0.486 e. The Bertz CT molecular complexity index is 1110. The van der Waals surface area contributed by atoms with E-state index in [0.29, 0.717) is 35.0 Å². The van der Waals surface area contributed by atoms with Crippen molar-refractivity contribution in [3.05, 3.63) is 75.4 Å². The fourth-order valence-corrected chi connectivity index (χ4v) is 4.74. The molecule has 2 atom stereocenters. The smallest absolute Gasteiger partial charge is 0.336 e. The van der Waals surface area contributed by atoms with Crippen molar-refractivity contribution >= 4 is 27.7 Å². The molecule has 0 radical (unpaired) electrons. The van der Waals surface area contributed by atoms with Gasteiger partial charge in [0.05, 0.1) is 24.5 Å². The van der Waals surface area contributed by atoms with Crippen molar-refractivity contribution in [3.8, 4) is 5.75 Å². The summed E-state index contributed by atoms with van der Waals surface area (Å²) in [5.74, 6) is 0.395. The van der Waals surface area contributed by atoms with Crippen LogP contribution in [0, 0.1) is 11.3 Å². The molecule has 1 N–H and O–H groups in total. The van der Waals surface area contributed by atoms with Crippen molar-refractivity contribution in [2.45, 2.75) is 39.7 Å². The molecule has 0 bridgehead atoms. The van der Waals surface area contributed by atoms with Gasteiger partial charge < -0.3 is 19.2 Å². The standard InChI is InChI=1S/C25H26BrNO5/c1-14-21(24(29)30-4)23(22-18(27-14)11-25(2,3)12-19(22)28)20-10-9-17(32-20)13-31-16-7-5-15(26)6-8-16/h5-11,22-23,27H,12-13H2,1-4H3. The van der Waals surface area contributed by atoms with Gasteiger partial charge in [0.15, 0.2) is 0 Å². The van der Waals surface area contributed by atoms with Crippen LogP contribution in [0.4, 0.5) is 0 Å². The van der Waals surface area contributed by atoms with E-state index in [4.69, 9.17) is 13.9 Å². The van der Waals surface area contributed by atoms with Gasteiger partial charge in [-0.1, -0.05) is 35.9 Å². The molecule has 0 amide bonds. The molecule has 1 aromatic carbocycles. The summed E-state index contributed by atoms with van der Waals surface area (Å²) in [5, 5.41) is 3.28. The maximum atomic E-state index is 13.2. The van der Waals surface area contributed by atoms with Crippen LogP contribution in [0.2, 0.25) is 0 Å². The lowest BCUT2D eigenvalue weighted by molar-refractivity contribution is -0.137. The number of hydrogen-bond donors (Lipinski definition) is 1. The van der Waals surface area contributed by atoms with Crippen LogP contribution in [0.1, 0.15) is 44.6 Å². The molecule has 0 spiro atoms. The molecular formula is C25H26BrNO5. The van der Waals surface area contributed by atoms with E-state index in [1.165, 1.54) is 7.11 Å². The summed E-state index contributed by atoms with van der Waals surface area (Å²) >= 11 is 3.40. The summed E-state index contributed by atoms with van der Waals surface area (Å²) in [5.41, 5.74) is 1.64. The summed E-state index contributed by atoms with van der Waals surface area (Å²) in [6, 6.07) is 11.2. The second-order valence-corrected chi connectivity index (χ2v) is 9.80. The Balaban J connectivity index is 1.67. The van der Waals surface area contributed by atoms with E-state index in [1.807, 2.05) is 57.2 Å². The number of methoxy groups -OCH3 is 1. The highest BCUT2D eigenvalue weighted by atomic mass is 79.9. The topological polar surface area (TPSA) is 77.8 Å². The van der Waals surface area contributed by atoms with Crippen molar-refractivity contribution in [2.75, 3.05) is 7.11 Å². The zero-order chi connectivity index (χ0) is 23.0. The van der Waals surface area contributed by atoms with Crippen LogP contribution >= 0.6 is 15.9 Å². The summed E-state index contributed by atoms with van der Waals surface area (Å²) < 4.78 is 17.9. The Labute approximate surface area is 195 Å². The first-order valence-corrected chi connectivity index (χ1v) is 11.3. The van der Waals surface area contributed by atoms with Gasteiger partial charge in [0.2, 0.25) is 0 Å². The lowest BCUT2D eigenvalue weighted by Gasteiger charge is -2.40. The van der Waals surface area contributed by atoms with Gasteiger partial charge >= 0.3 is 5.97 Å². The number of hydrogen-bond acceptors (Lipinski definition) is 6. The Morgan fingerprint density at radius 1 is 1.19 bits per heavy atom. The summed E-state index contributed by atoms with van der Waals surface area (Å²) in [6.07, 6.45) is 2.48. The van der Waals surface area contributed by atoms with E-state index in [-0.39, 0.29) is 17.8 Å². The Kier molecular flexibility index (Phi) is 6.03. The number of benzene rings is 1. The fourth-order valence-electron chi connectivity index (χ4n) is 4.48. The number of esters is 1. The predicted octanol–water partition coefficient (Wildman–Crippen LogP) is 5.25. The van der Waals surface area contributed by atoms with Gasteiger partial charge in [-0.3, -0.25) is 4.79 Å². The number of Topliss-reactive ketones (excluding diaryl/α,β-unsaturated/α-hetero) is 1. The molecule has 2 unspecified atom stereocenters. The van der Waals surface area contributed by atoms with Gasteiger partial charge in [0.25, 0.3) is 0 Å². The molecular weight excluding hydrogens is 474 g/mol. The van der Waals surface area contributed by atoms with Crippen molar-refractivity contribution < 1.29 is 23.5 Å². The van der Waals surface area contributed by atoms with E-state index < -0.39 is 17.8 Å². The van der Waals surface area contributed by atoms with Crippen LogP contribution in [0.5, 0.6) is 5.75 Å². The van der Waals surface area contributed by atoms with Crippen LogP contribution in [0.25, 0.3) is 0 Å². The van der Waals surface area contributed by atoms with Crippen LogP contribution in [-0.4, -0.2) is 18.9 Å². The molecule has 6 nitrogen and oxygen atoms in total. The number of allylic oxidation sites excluding steroid dienone is 3. The molecule has 1 aliphatic carbocycles. The molecule has 32 heavy (non-hydrogen) atoms. The Hall–Kier alpha value is -2.80. The second-order valence-electron chi connectivity index (χ2n) is 8.89. The summed E-state index contributed by atoms with van der Waals surface area (Å²) in [7, 11) is 1.34.